The third-order valence-electron chi connectivity index (χ3n) is 3.97. The lowest BCUT2D eigenvalue weighted by Crippen LogP contribution is -2.09. The van der Waals surface area contributed by atoms with Crippen molar-refractivity contribution in [1.82, 2.24) is 20.5 Å². The number of benzene rings is 1. The molecule has 0 aliphatic heterocycles. The van der Waals surface area contributed by atoms with Crippen LogP contribution in [0.3, 0.4) is 0 Å². The standard InChI is InChI=1S/C19H19BrN4O2.H2O/c1-10(2)21-9-15-23-24-19(26-15)17-11(3)16(12(4)22-17)18(25)13-6-5-7-14(20)8-13;/h5-8,21-22H,1,9H2,2-4H3;1H2. The van der Waals surface area contributed by atoms with Crippen molar-refractivity contribution >= 4 is 21.7 Å². The van der Waals surface area contributed by atoms with Crippen LogP contribution in [-0.2, 0) is 6.54 Å². The molecule has 0 aliphatic rings. The van der Waals surface area contributed by atoms with E-state index in [1.54, 1.807) is 6.07 Å². The van der Waals surface area contributed by atoms with E-state index in [-0.39, 0.29) is 11.3 Å². The van der Waals surface area contributed by atoms with Crippen molar-refractivity contribution in [1.29, 1.82) is 0 Å². The Bertz CT molecular complexity index is 991. The summed E-state index contributed by atoms with van der Waals surface area (Å²) in [6, 6.07) is 7.33. The zero-order valence-electron chi connectivity index (χ0n) is 15.3. The summed E-state index contributed by atoms with van der Waals surface area (Å²) in [5.41, 5.74) is 4.28. The Labute approximate surface area is 165 Å². The van der Waals surface area contributed by atoms with Gasteiger partial charge in [-0.25, -0.2) is 0 Å². The second-order valence-corrected chi connectivity index (χ2v) is 7.01. The van der Waals surface area contributed by atoms with Crippen LogP contribution >= 0.6 is 15.9 Å². The minimum absolute atomic E-state index is 0. The molecule has 0 atom stereocenters. The Morgan fingerprint density at radius 3 is 2.74 bits per heavy atom. The number of hydrogen-bond donors (Lipinski definition) is 2. The van der Waals surface area contributed by atoms with Gasteiger partial charge in [0.05, 0.1) is 6.54 Å². The van der Waals surface area contributed by atoms with Crippen LogP contribution < -0.4 is 5.32 Å². The molecular formula is C19H21BrN4O3. The van der Waals surface area contributed by atoms with Crippen molar-refractivity contribution in [2.24, 2.45) is 0 Å². The summed E-state index contributed by atoms with van der Waals surface area (Å²) in [5, 5.41) is 11.2. The zero-order chi connectivity index (χ0) is 18.8. The Balaban J connectivity index is 0.00000261. The first-order valence-corrected chi connectivity index (χ1v) is 8.87. The van der Waals surface area contributed by atoms with Gasteiger partial charge in [-0.1, -0.05) is 34.6 Å². The molecule has 142 valence electrons. The summed E-state index contributed by atoms with van der Waals surface area (Å²) < 4.78 is 6.56. The number of rotatable bonds is 6. The number of nitrogens with one attached hydrogen (secondary N) is 2. The average molecular weight is 433 g/mol. The lowest BCUT2D eigenvalue weighted by atomic mass is 10.00. The smallest absolute Gasteiger partial charge is 0.264 e. The van der Waals surface area contributed by atoms with Gasteiger partial charge < -0.3 is 20.2 Å². The van der Waals surface area contributed by atoms with Crippen LogP contribution in [-0.4, -0.2) is 26.4 Å². The maximum atomic E-state index is 12.9. The van der Waals surface area contributed by atoms with Crippen molar-refractivity contribution < 1.29 is 14.7 Å². The number of aromatic amines is 1. The third-order valence-corrected chi connectivity index (χ3v) is 4.47. The molecule has 1 aromatic carbocycles. The molecule has 3 rings (SSSR count). The van der Waals surface area contributed by atoms with Crippen LogP contribution in [0.25, 0.3) is 11.6 Å². The second kappa shape index (κ2) is 8.32. The summed E-state index contributed by atoms with van der Waals surface area (Å²) in [7, 11) is 0. The second-order valence-electron chi connectivity index (χ2n) is 6.10. The molecule has 0 saturated heterocycles. The van der Waals surface area contributed by atoms with Gasteiger partial charge in [0, 0.05) is 27.0 Å². The number of ketones is 1. The quantitative estimate of drug-likeness (QED) is 0.578. The van der Waals surface area contributed by atoms with Crippen molar-refractivity contribution in [3.63, 3.8) is 0 Å². The summed E-state index contributed by atoms with van der Waals surface area (Å²) >= 11 is 3.40. The molecule has 0 spiro atoms. The molecule has 8 heteroatoms. The first-order valence-electron chi connectivity index (χ1n) is 8.08. The van der Waals surface area contributed by atoms with Gasteiger partial charge in [0.25, 0.3) is 5.89 Å². The number of nitrogens with zero attached hydrogens (tertiary/aromatic N) is 2. The van der Waals surface area contributed by atoms with Crippen LogP contribution in [0.4, 0.5) is 0 Å². The molecule has 7 nitrogen and oxygen atoms in total. The molecule has 0 bridgehead atoms. The van der Waals surface area contributed by atoms with Crippen molar-refractivity contribution in [2.45, 2.75) is 27.3 Å². The highest BCUT2D eigenvalue weighted by Gasteiger charge is 2.23. The molecule has 27 heavy (non-hydrogen) atoms. The van der Waals surface area contributed by atoms with Crippen LogP contribution in [0.5, 0.6) is 0 Å². The molecule has 0 aliphatic carbocycles. The molecule has 0 radical (unpaired) electrons. The molecule has 2 aromatic heterocycles. The van der Waals surface area contributed by atoms with E-state index in [9.17, 15) is 4.79 Å². The normalized spacial score (nSPS) is 10.4. The van der Waals surface area contributed by atoms with Gasteiger partial charge in [0.15, 0.2) is 5.78 Å². The van der Waals surface area contributed by atoms with E-state index in [4.69, 9.17) is 4.42 Å². The van der Waals surface area contributed by atoms with Crippen LogP contribution in [0.1, 0.15) is 40.0 Å². The third kappa shape index (κ3) is 4.35. The molecule has 0 fully saturated rings. The fourth-order valence-corrected chi connectivity index (χ4v) is 3.13. The Morgan fingerprint density at radius 2 is 2.07 bits per heavy atom. The minimum atomic E-state index is -0.0486. The summed E-state index contributed by atoms with van der Waals surface area (Å²) in [5.74, 6) is 0.763. The van der Waals surface area contributed by atoms with Gasteiger partial charge >= 0.3 is 0 Å². The number of halogens is 1. The number of carbonyl (C=O) groups excluding carboxylic acids is 1. The molecule has 0 saturated carbocycles. The lowest BCUT2D eigenvalue weighted by Gasteiger charge is -2.03. The number of H-pyrrole nitrogens is 1. The minimum Gasteiger partial charge on any atom is -0.417 e. The van der Waals surface area contributed by atoms with E-state index in [1.807, 2.05) is 39.0 Å². The highest BCUT2D eigenvalue weighted by molar-refractivity contribution is 9.10. The van der Waals surface area contributed by atoms with E-state index in [1.165, 1.54) is 0 Å². The van der Waals surface area contributed by atoms with Crippen molar-refractivity contribution in [2.75, 3.05) is 0 Å². The fourth-order valence-electron chi connectivity index (χ4n) is 2.73. The molecule has 0 unspecified atom stereocenters. The molecule has 2 heterocycles. The number of aryl methyl sites for hydroxylation is 1. The topological polar surface area (TPSA) is 115 Å². The van der Waals surface area contributed by atoms with Crippen LogP contribution in [0.15, 0.2) is 45.4 Å². The summed E-state index contributed by atoms with van der Waals surface area (Å²) in [6.45, 7) is 9.77. The maximum Gasteiger partial charge on any atom is 0.264 e. The highest BCUT2D eigenvalue weighted by Crippen LogP contribution is 2.29. The van der Waals surface area contributed by atoms with Crippen molar-refractivity contribution in [3.8, 4) is 11.6 Å². The van der Waals surface area contributed by atoms with E-state index < -0.39 is 0 Å². The number of allylic oxidation sites excluding steroid dienone is 1. The maximum absolute atomic E-state index is 12.9. The van der Waals surface area contributed by atoms with E-state index in [0.717, 1.165) is 21.4 Å². The number of carbonyl (C=O) groups is 1. The average Bonchev–Trinajstić information content (AvgIpc) is 3.17. The highest BCUT2D eigenvalue weighted by atomic mass is 79.9. The van der Waals surface area contributed by atoms with Crippen LogP contribution in [0, 0.1) is 13.8 Å². The fraction of sp³-hybridized carbons (Fsp3) is 0.211. The van der Waals surface area contributed by atoms with Gasteiger partial charge in [-0.2, -0.15) is 0 Å². The SMILES string of the molecule is C=C(C)NCc1nnc(-c2[nH]c(C)c(C(=O)c3cccc(Br)c3)c2C)o1.O. The molecule has 4 N–H and O–H groups in total. The number of hydrogen-bond acceptors (Lipinski definition) is 5. The Kier molecular flexibility index (Phi) is 6.35. The van der Waals surface area contributed by atoms with Crippen molar-refractivity contribution in [3.05, 3.63) is 69.3 Å². The van der Waals surface area contributed by atoms with E-state index >= 15 is 0 Å². The predicted octanol–water partition coefficient (Wildman–Crippen LogP) is 3.47. The van der Waals surface area contributed by atoms with E-state index in [0.29, 0.717) is 35.1 Å². The first kappa shape index (κ1) is 20.6. The van der Waals surface area contributed by atoms with E-state index in [2.05, 4.69) is 43.0 Å². The van der Waals surface area contributed by atoms with Gasteiger partial charge in [-0.15, -0.1) is 10.2 Å². The summed E-state index contributed by atoms with van der Waals surface area (Å²) in [4.78, 5) is 16.1. The first-order chi connectivity index (χ1) is 12.4. The monoisotopic (exact) mass is 432 g/mol. The largest absolute Gasteiger partial charge is 0.417 e. The summed E-state index contributed by atoms with van der Waals surface area (Å²) in [6.07, 6.45) is 0. The molecular weight excluding hydrogens is 412 g/mol. The Morgan fingerprint density at radius 1 is 1.33 bits per heavy atom. The van der Waals surface area contributed by atoms with Gasteiger partial charge in [-0.3, -0.25) is 4.79 Å². The number of aromatic nitrogens is 3. The van der Waals surface area contributed by atoms with Gasteiger partial charge in [-0.05, 0) is 38.5 Å². The zero-order valence-corrected chi connectivity index (χ0v) is 16.9. The predicted molar refractivity (Wildman–Crippen MR) is 106 cm³/mol. The molecule has 0 amide bonds. The van der Waals surface area contributed by atoms with Gasteiger partial charge in [0.2, 0.25) is 5.89 Å². The van der Waals surface area contributed by atoms with Crippen LogP contribution in [0.2, 0.25) is 0 Å². The Hall–Kier alpha value is -2.71. The molecule has 3 aromatic rings. The lowest BCUT2D eigenvalue weighted by molar-refractivity contribution is 0.103. The van der Waals surface area contributed by atoms with Gasteiger partial charge in [0.1, 0.15) is 5.69 Å².